The minimum absolute atomic E-state index is 0.0234. The molecule has 1 unspecified atom stereocenters. The molecule has 0 radical (unpaired) electrons. The van der Waals surface area contributed by atoms with Gasteiger partial charge < -0.3 is 14.6 Å². The van der Waals surface area contributed by atoms with Crippen LogP contribution in [-0.2, 0) is 11.3 Å². The predicted molar refractivity (Wildman–Crippen MR) is 94.9 cm³/mol. The van der Waals surface area contributed by atoms with Crippen LogP contribution >= 0.6 is 0 Å². The number of aromatic nitrogens is 1. The number of aryl methyl sites for hydroxylation is 1. The molecule has 0 spiro atoms. The highest BCUT2D eigenvalue weighted by atomic mass is 19.1. The van der Waals surface area contributed by atoms with Gasteiger partial charge in [-0.2, -0.15) is 0 Å². The molecule has 1 aliphatic rings. The number of carbonyl (C=O) groups is 2. The molecule has 0 bridgehead atoms. The molecule has 1 atom stereocenters. The molecule has 1 saturated carbocycles. The summed E-state index contributed by atoms with van der Waals surface area (Å²) in [7, 11) is 1.33. The molecule has 26 heavy (non-hydrogen) atoms. The van der Waals surface area contributed by atoms with E-state index in [2.05, 4.69) is 4.98 Å². The number of hydrogen-bond acceptors (Lipinski definition) is 3. The molecule has 1 aliphatic carbocycles. The Morgan fingerprint density at radius 2 is 1.88 bits per heavy atom. The third-order valence-corrected chi connectivity index (χ3v) is 4.99. The van der Waals surface area contributed by atoms with Crippen molar-refractivity contribution in [3.63, 3.8) is 0 Å². The lowest BCUT2D eigenvalue weighted by atomic mass is 10.1. The maximum atomic E-state index is 13.1. The molecule has 1 aromatic carbocycles. The van der Waals surface area contributed by atoms with Gasteiger partial charge in [-0.1, -0.05) is 12.1 Å². The van der Waals surface area contributed by atoms with E-state index in [1.54, 1.807) is 26.0 Å². The van der Waals surface area contributed by atoms with Gasteiger partial charge in [-0.25, -0.2) is 9.18 Å². The zero-order valence-corrected chi connectivity index (χ0v) is 15.3. The topological polar surface area (TPSA) is 63.6 Å². The number of carbonyl (C=O) groups excluding carboxylic acids is 2. The minimum atomic E-state index is -0.437. The fourth-order valence-corrected chi connectivity index (χ4v) is 3.44. The van der Waals surface area contributed by atoms with E-state index in [1.165, 1.54) is 24.1 Å². The van der Waals surface area contributed by atoms with E-state index >= 15 is 0 Å². The van der Waals surface area contributed by atoms with E-state index in [0.29, 0.717) is 41.6 Å². The normalized spacial score (nSPS) is 14.9. The van der Waals surface area contributed by atoms with Crippen molar-refractivity contribution in [1.29, 1.82) is 0 Å². The standard InChI is InChI=1S/C20H23FN2O3/c1-12-18(20(25)26-3)13(2)22-19(12)17(24)11-23(16-8-9-16)10-14-4-6-15(21)7-5-14/h4-7,16,22H,8-11H2,1-3H3/p+1. The smallest absolute Gasteiger partial charge is 0.339 e. The number of Topliss-reactive ketones (excluding diaryl/α,β-unsaturated/α-hetero) is 1. The predicted octanol–water partition coefficient (Wildman–Crippen LogP) is 1.99. The minimum Gasteiger partial charge on any atom is -0.465 e. The highest BCUT2D eigenvalue weighted by Crippen LogP contribution is 2.20. The molecule has 6 heteroatoms. The van der Waals surface area contributed by atoms with Gasteiger partial charge in [-0.3, -0.25) is 4.79 Å². The Bertz CT molecular complexity index is 822. The van der Waals surface area contributed by atoms with E-state index in [0.717, 1.165) is 18.4 Å². The van der Waals surface area contributed by atoms with Gasteiger partial charge in [0.1, 0.15) is 18.9 Å². The average Bonchev–Trinajstić information content (AvgIpc) is 3.41. The number of halogens is 1. The van der Waals surface area contributed by atoms with Crippen LogP contribution in [0, 0.1) is 19.7 Å². The van der Waals surface area contributed by atoms with Crippen LogP contribution in [0.4, 0.5) is 4.39 Å². The molecule has 138 valence electrons. The van der Waals surface area contributed by atoms with Crippen molar-refractivity contribution in [2.24, 2.45) is 0 Å². The van der Waals surface area contributed by atoms with Crippen molar-refractivity contribution >= 4 is 11.8 Å². The molecule has 3 rings (SSSR count). The third-order valence-electron chi connectivity index (χ3n) is 4.99. The Morgan fingerprint density at radius 1 is 1.23 bits per heavy atom. The van der Waals surface area contributed by atoms with Gasteiger partial charge in [0, 0.05) is 24.1 Å². The second-order valence-electron chi connectivity index (χ2n) is 6.95. The quantitative estimate of drug-likeness (QED) is 0.587. The monoisotopic (exact) mass is 359 g/mol. The Balaban J connectivity index is 1.76. The number of rotatable bonds is 7. The maximum Gasteiger partial charge on any atom is 0.339 e. The van der Waals surface area contributed by atoms with Crippen LogP contribution in [0.25, 0.3) is 0 Å². The summed E-state index contributed by atoms with van der Waals surface area (Å²) in [6.07, 6.45) is 2.19. The molecular formula is C20H24FN2O3+. The first-order chi connectivity index (χ1) is 12.4. The average molecular weight is 359 g/mol. The first kappa shape index (κ1) is 18.3. The molecule has 5 nitrogen and oxygen atoms in total. The SMILES string of the molecule is COC(=O)c1c(C)[nH]c(C(=O)C[NH+](Cc2ccc(F)cc2)C2CC2)c1C. The molecule has 2 N–H and O–H groups in total. The summed E-state index contributed by atoms with van der Waals surface area (Å²) < 4.78 is 17.9. The second kappa shape index (κ2) is 7.41. The summed E-state index contributed by atoms with van der Waals surface area (Å²) >= 11 is 0. The van der Waals surface area contributed by atoms with E-state index in [-0.39, 0.29) is 11.6 Å². The summed E-state index contributed by atoms with van der Waals surface area (Å²) in [5.74, 6) is -0.719. The number of quaternary nitrogens is 1. The lowest BCUT2D eigenvalue weighted by Gasteiger charge is -2.18. The van der Waals surface area contributed by atoms with Gasteiger partial charge in [0.2, 0.25) is 5.78 Å². The van der Waals surface area contributed by atoms with Crippen LogP contribution < -0.4 is 4.90 Å². The number of benzene rings is 1. The molecule has 0 amide bonds. The van der Waals surface area contributed by atoms with E-state index in [1.807, 2.05) is 0 Å². The van der Waals surface area contributed by atoms with Gasteiger partial charge in [-0.05, 0) is 31.5 Å². The van der Waals surface area contributed by atoms with Crippen molar-refractivity contribution in [3.8, 4) is 0 Å². The summed E-state index contributed by atoms with van der Waals surface area (Å²) in [6, 6.07) is 6.88. The fraction of sp³-hybridized carbons (Fsp3) is 0.400. The van der Waals surface area contributed by atoms with Crippen LogP contribution in [0.1, 0.15) is 50.5 Å². The van der Waals surface area contributed by atoms with Crippen molar-refractivity contribution < 1.29 is 23.6 Å². The molecular weight excluding hydrogens is 335 g/mol. The molecule has 1 fully saturated rings. The summed E-state index contributed by atoms with van der Waals surface area (Å²) in [5.41, 5.74) is 3.19. The van der Waals surface area contributed by atoms with Gasteiger partial charge in [0.05, 0.1) is 24.4 Å². The van der Waals surface area contributed by atoms with Crippen molar-refractivity contribution in [2.75, 3.05) is 13.7 Å². The Kier molecular flexibility index (Phi) is 5.23. The number of ketones is 1. The van der Waals surface area contributed by atoms with Crippen molar-refractivity contribution in [1.82, 2.24) is 4.98 Å². The number of nitrogens with one attached hydrogen (secondary N) is 2. The van der Waals surface area contributed by atoms with Gasteiger partial charge in [0.15, 0.2) is 0 Å². The highest BCUT2D eigenvalue weighted by molar-refractivity contribution is 6.01. The van der Waals surface area contributed by atoms with E-state index in [9.17, 15) is 14.0 Å². The van der Waals surface area contributed by atoms with Gasteiger partial charge in [-0.15, -0.1) is 0 Å². The first-order valence-electron chi connectivity index (χ1n) is 8.80. The van der Waals surface area contributed by atoms with Crippen molar-refractivity contribution in [2.45, 2.75) is 39.3 Å². The maximum absolute atomic E-state index is 13.1. The highest BCUT2D eigenvalue weighted by Gasteiger charge is 2.35. The lowest BCUT2D eigenvalue weighted by Crippen LogP contribution is -3.13. The molecule has 2 aromatic rings. The Labute approximate surface area is 152 Å². The van der Waals surface area contributed by atoms with E-state index in [4.69, 9.17) is 4.74 Å². The van der Waals surface area contributed by atoms with E-state index < -0.39 is 5.97 Å². The van der Waals surface area contributed by atoms with Gasteiger partial charge >= 0.3 is 5.97 Å². The molecule has 0 saturated heterocycles. The van der Waals surface area contributed by atoms with Gasteiger partial charge in [0.25, 0.3) is 0 Å². The van der Waals surface area contributed by atoms with Crippen LogP contribution in [0.5, 0.6) is 0 Å². The number of aromatic amines is 1. The number of ether oxygens (including phenoxy) is 1. The molecule has 0 aliphatic heterocycles. The van der Waals surface area contributed by atoms with Crippen LogP contribution in [-0.4, -0.2) is 36.4 Å². The Hall–Kier alpha value is -2.47. The van der Waals surface area contributed by atoms with Crippen LogP contribution in [0.15, 0.2) is 24.3 Å². The molecule has 1 aromatic heterocycles. The number of hydrogen-bond donors (Lipinski definition) is 2. The Morgan fingerprint density at radius 3 is 2.46 bits per heavy atom. The summed E-state index contributed by atoms with van der Waals surface area (Å²) in [5, 5.41) is 0. The van der Waals surface area contributed by atoms with Crippen molar-refractivity contribution in [3.05, 3.63) is 58.2 Å². The number of esters is 1. The zero-order valence-electron chi connectivity index (χ0n) is 15.3. The zero-order chi connectivity index (χ0) is 18.8. The third kappa shape index (κ3) is 3.85. The largest absolute Gasteiger partial charge is 0.465 e. The number of methoxy groups -OCH3 is 1. The second-order valence-corrected chi connectivity index (χ2v) is 6.95. The first-order valence-corrected chi connectivity index (χ1v) is 8.80. The summed E-state index contributed by atoms with van der Waals surface area (Å²) in [4.78, 5) is 29.0. The van der Waals surface area contributed by atoms with Crippen LogP contribution in [0.3, 0.4) is 0 Å². The number of H-pyrrole nitrogens is 1. The fourth-order valence-electron chi connectivity index (χ4n) is 3.44. The lowest BCUT2D eigenvalue weighted by molar-refractivity contribution is -0.916. The summed E-state index contributed by atoms with van der Waals surface area (Å²) in [6.45, 7) is 4.54. The molecule has 1 heterocycles. The van der Waals surface area contributed by atoms with Crippen LogP contribution in [0.2, 0.25) is 0 Å².